The highest BCUT2D eigenvalue weighted by atomic mass is 19.1. The Morgan fingerprint density at radius 3 is 2.56 bits per heavy atom. The molecule has 1 unspecified atom stereocenters. The Balaban J connectivity index is 3.15. The minimum atomic E-state index is -1.62. The minimum absolute atomic E-state index is 0.120. The quantitative estimate of drug-likeness (QED) is 0.793. The maximum absolute atomic E-state index is 13.5. The first kappa shape index (κ1) is 12.4. The summed E-state index contributed by atoms with van der Waals surface area (Å²) in [5, 5.41) is 9.50. The Morgan fingerprint density at radius 1 is 1.44 bits per heavy atom. The molecule has 4 nitrogen and oxygen atoms in total. The summed E-state index contributed by atoms with van der Waals surface area (Å²) in [6.45, 7) is 1.69. The van der Waals surface area contributed by atoms with E-state index in [4.69, 9.17) is 4.74 Å². The van der Waals surface area contributed by atoms with E-state index in [-0.39, 0.29) is 5.56 Å². The van der Waals surface area contributed by atoms with Crippen LogP contribution in [0.3, 0.4) is 0 Å². The molecule has 0 saturated heterocycles. The van der Waals surface area contributed by atoms with Gasteiger partial charge in [-0.2, -0.15) is 0 Å². The summed E-state index contributed by atoms with van der Waals surface area (Å²) in [6, 6.07) is 2.48. The zero-order chi connectivity index (χ0) is 12.3. The Kier molecular flexibility index (Phi) is 3.84. The second-order valence-corrected chi connectivity index (χ2v) is 3.27. The number of carbonyl (C=O) groups is 1. The molecule has 0 aromatic heterocycles. The molecule has 88 valence electrons. The van der Waals surface area contributed by atoms with E-state index in [1.54, 1.807) is 6.92 Å². The van der Waals surface area contributed by atoms with E-state index < -0.39 is 17.9 Å². The van der Waals surface area contributed by atoms with Crippen LogP contribution in [-0.4, -0.2) is 25.3 Å². The fraction of sp³-hybridized carbons (Fsp3) is 0.364. The van der Waals surface area contributed by atoms with Gasteiger partial charge >= 0.3 is 5.97 Å². The lowest BCUT2D eigenvalue weighted by molar-refractivity contribution is -0.150. The number of esters is 1. The second-order valence-electron chi connectivity index (χ2n) is 3.27. The third-order valence-electron chi connectivity index (χ3n) is 2.23. The molecule has 0 saturated carbocycles. The largest absolute Gasteiger partial charge is 0.496 e. The number of aliphatic hydroxyl groups is 1. The van der Waals surface area contributed by atoms with E-state index in [0.717, 1.165) is 13.2 Å². The van der Waals surface area contributed by atoms with Crippen LogP contribution in [0.15, 0.2) is 12.1 Å². The van der Waals surface area contributed by atoms with Gasteiger partial charge in [-0.25, -0.2) is 9.18 Å². The van der Waals surface area contributed by atoms with Crippen molar-refractivity contribution in [3.63, 3.8) is 0 Å². The molecule has 0 radical (unpaired) electrons. The molecule has 0 bridgehead atoms. The van der Waals surface area contributed by atoms with Gasteiger partial charge in [0.05, 0.1) is 14.2 Å². The lowest BCUT2D eigenvalue weighted by Crippen LogP contribution is -2.15. The van der Waals surface area contributed by atoms with Crippen molar-refractivity contribution in [3.8, 4) is 5.75 Å². The van der Waals surface area contributed by atoms with Gasteiger partial charge in [0, 0.05) is 11.6 Å². The first-order valence-corrected chi connectivity index (χ1v) is 4.61. The fourth-order valence-electron chi connectivity index (χ4n) is 1.35. The summed E-state index contributed by atoms with van der Waals surface area (Å²) < 4.78 is 22.8. The number of halogens is 1. The summed E-state index contributed by atoms with van der Waals surface area (Å²) in [6.07, 6.45) is -1.62. The van der Waals surface area contributed by atoms with Crippen molar-refractivity contribution in [1.29, 1.82) is 0 Å². The van der Waals surface area contributed by atoms with E-state index in [9.17, 15) is 14.3 Å². The van der Waals surface area contributed by atoms with Gasteiger partial charge in [-0.1, -0.05) is 0 Å². The Bertz CT molecular complexity index is 403. The summed E-state index contributed by atoms with van der Waals surface area (Å²) in [5.74, 6) is -1.25. The molecular weight excluding hydrogens is 215 g/mol. The maximum atomic E-state index is 13.5. The van der Waals surface area contributed by atoms with Gasteiger partial charge in [0.2, 0.25) is 0 Å². The van der Waals surface area contributed by atoms with Crippen LogP contribution >= 0.6 is 0 Å². The van der Waals surface area contributed by atoms with Crippen LogP contribution in [0.25, 0.3) is 0 Å². The van der Waals surface area contributed by atoms with Crippen LogP contribution in [0.4, 0.5) is 4.39 Å². The smallest absolute Gasteiger partial charge is 0.339 e. The van der Waals surface area contributed by atoms with Crippen LogP contribution in [-0.2, 0) is 9.53 Å². The number of methoxy groups -OCH3 is 2. The molecule has 1 atom stereocenters. The molecule has 16 heavy (non-hydrogen) atoms. The first-order valence-electron chi connectivity index (χ1n) is 4.61. The van der Waals surface area contributed by atoms with E-state index in [1.807, 2.05) is 0 Å². The molecule has 0 heterocycles. The standard InChI is InChI=1S/C11H13FO4/c1-6-4-7(10(13)11(14)16-3)8(12)5-9(6)15-2/h4-5,10,13H,1-3H3. The molecule has 5 heteroatoms. The molecule has 0 spiro atoms. The molecule has 0 fully saturated rings. The van der Waals surface area contributed by atoms with Crippen molar-refractivity contribution in [2.75, 3.05) is 14.2 Å². The zero-order valence-corrected chi connectivity index (χ0v) is 9.28. The normalized spacial score (nSPS) is 12.1. The summed E-state index contributed by atoms with van der Waals surface area (Å²) in [7, 11) is 2.54. The van der Waals surface area contributed by atoms with E-state index in [2.05, 4.69) is 4.74 Å². The Morgan fingerprint density at radius 2 is 2.06 bits per heavy atom. The van der Waals surface area contributed by atoms with Crippen LogP contribution in [0.1, 0.15) is 17.2 Å². The van der Waals surface area contributed by atoms with Gasteiger partial charge in [0.25, 0.3) is 0 Å². The number of hydrogen-bond acceptors (Lipinski definition) is 4. The summed E-state index contributed by atoms with van der Waals surface area (Å²) in [4.78, 5) is 11.1. The van der Waals surface area contributed by atoms with Gasteiger partial charge in [-0.3, -0.25) is 0 Å². The number of carbonyl (C=O) groups excluding carboxylic acids is 1. The molecule has 1 rings (SSSR count). The van der Waals surface area contributed by atoms with Crippen molar-refractivity contribution < 1.29 is 23.8 Å². The zero-order valence-electron chi connectivity index (χ0n) is 9.28. The molecule has 0 aliphatic rings. The molecule has 0 amide bonds. The van der Waals surface area contributed by atoms with Crippen LogP contribution in [0, 0.1) is 12.7 Å². The number of aliphatic hydroxyl groups excluding tert-OH is 1. The lowest BCUT2D eigenvalue weighted by Gasteiger charge is -2.12. The van der Waals surface area contributed by atoms with E-state index >= 15 is 0 Å². The van der Waals surface area contributed by atoms with Gasteiger partial charge in [-0.05, 0) is 18.6 Å². The van der Waals surface area contributed by atoms with Crippen molar-refractivity contribution in [2.45, 2.75) is 13.0 Å². The number of ether oxygens (including phenoxy) is 2. The van der Waals surface area contributed by atoms with Crippen molar-refractivity contribution in [1.82, 2.24) is 0 Å². The highest BCUT2D eigenvalue weighted by Gasteiger charge is 2.22. The van der Waals surface area contributed by atoms with Gasteiger partial charge in [0.1, 0.15) is 11.6 Å². The molecule has 1 aromatic rings. The van der Waals surface area contributed by atoms with Gasteiger partial charge in [0.15, 0.2) is 6.10 Å². The van der Waals surface area contributed by atoms with Crippen LogP contribution < -0.4 is 4.74 Å². The average Bonchev–Trinajstić information content (AvgIpc) is 2.29. The minimum Gasteiger partial charge on any atom is -0.496 e. The predicted octanol–water partition coefficient (Wildman–Crippen LogP) is 1.35. The predicted molar refractivity (Wildman–Crippen MR) is 54.7 cm³/mol. The lowest BCUT2D eigenvalue weighted by atomic mass is 10.1. The molecule has 1 aromatic carbocycles. The van der Waals surface area contributed by atoms with Crippen molar-refractivity contribution >= 4 is 5.97 Å². The van der Waals surface area contributed by atoms with Crippen LogP contribution in [0.5, 0.6) is 5.75 Å². The van der Waals surface area contributed by atoms with Gasteiger partial charge in [-0.15, -0.1) is 0 Å². The van der Waals surface area contributed by atoms with E-state index in [1.165, 1.54) is 13.2 Å². The second kappa shape index (κ2) is 4.94. The molecule has 1 N–H and O–H groups in total. The molecule has 0 aliphatic heterocycles. The summed E-state index contributed by atoms with van der Waals surface area (Å²) >= 11 is 0. The van der Waals surface area contributed by atoms with Crippen LogP contribution in [0.2, 0.25) is 0 Å². The average molecular weight is 228 g/mol. The number of rotatable bonds is 3. The number of aryl methyl sites for hydroxylation is 1. The Labute approximate surface area is 92.6 Å². The fourth-order valence-corrected chi connectivity index (χ4v) is 1.35. The highest BCUT2D eigenvalue weighted by molar-refractivity contribution is 5.76. The third-order valence-corrected chi connectivity index (χ3v) is 2.23. The van der Waals surface area contributed by atoms with E-state index in [0.29, 0.717) is 11.3 Å². The maximum Gasteiger partial charge on any atom is 0.339 e. The van der Waals surface area contributed by atoms with Gasteiger partial charge < -0.3 is 14.6 Å². The topological polar surface area (TPSA) is 55.8 Å². The third kappa shape index (κ3) is 2.30. The number of hydrogen-bond donors (Lipinski definition) is 1. The molecule has 0 aliphatic carbocycles. The number of benzene rings is 1. The SMILES string of the molecule is COC(=O)C(O)c1cc(C)c(OC)cc1F. The first-order chi connectivity index (χ1) is 7.51. The molecular formula is C11H13FO4. The highest BCUT2D eigenvalue weighted by Crippen LogP contribution is 2.26. The monoisotopic (exact) mass is 228 g/mol. The van der Waals surface area contributed by atoms with Crippen molar-refractivity contribution in [3.05, 3.63) is 29.1 Å². The van der Waals surface area contributed by atoms with Crippen molar-refractivity contribution in [2.24, 2.45) is 0 Å². The summed E-state index contributed by atoms with van der Waals surface area (Å²) in [5.41, 5.74) is 0.506. The Hall–Kier alpha value is -1.62.